The number of aliphatic hydroxyl groups is 1. The minimum Gasteiger partial charge on any atom is -0.385 e. The monoisotopic (exact) mass is 546 g/mol. The highest BCUT2D eigenvalue weighted by Gasteiger charge is 2.35. The maximum absolute atomic E-state index is 13.0. The standard InChI is InChI=1S/C29H39ClN2O4S/c1-21(2)37(35,36)20-24-12-15-32(19-22(24)3)28(33)18-23-4-10-27(11-5-23)31-16-13-29(34,14-17-31)25-6-8-26(30)9-7-25/h4-11,21-22,24,34H,12-20H2,1-3H3. The molecule has 1 amide bonds. The molecule has 0 aromatic heterocycles. The molecule has 8 heteroatoms. The lowest BCUT2D eigenvalue weighted by molar-refractivity contribution is -0.132. The third-order valence-electron chi connectivity index (χ3n) is 8.23. The summed E-state index contributed by atoms with van der Waals surface area (Å²) in [6.45, 7) is 8.24. The number of rotatable bonds is 7. The summed E-state index contributed by atoms with van der Waals surface area (Å²) in [6.07, 6.45) is 2.36. The van der Waals surface area contributed by atoms with Gasteiger partial charge in [0.05, 0.1) is 23.0 Å². The predicted molar refractivity (Wildman–Crippen MR) is 150 cm³/mol. The average molecular weight is 547 g/mol. The molecule has 2 fully saturated rings. The summed E-state index contributed by atoms with van der Waals surface area (Å²) in [5, 5.41) is 11.4. The Balaban J connectivity index is 1.28. The Kier molecular flexibility index (Phi) is 8.56. The van der Waals surface area contributed by atoms with Crippen molar-refractivity contribution < 1.29 is 18.3 Å². The van der Waals surface area contributed by atoms with Gasteiger partial charge in [-0.15, -0.1) is 0 Å². The third-order valence-corrected chi connectivity index (χ3v) is 10.8. The molecule has 37 heavy (non-hydrogen) atoms. The van der Waals surface area contributed by atoms with Gasteiger partial charge in [0.15, 0.2) is 9.84 Å². The quantitative estimate of drug-likeness (QED) is 0.545. The Morgan fingerprint density at radius 2 is 1.68 bits per heavy atom. The highest BCUT2D eigenvalue weighted by atomic mass is 35.5. The van der Waals surface area contributed by atoms with E-state index in [-0.39, 0.29) is 28.7 Å². The SMILES string of the molecule is CC1CN(C(=O)Cc2ccc(N3CCC(O)(c4ccc(Cl)cc4)CC3)cc2)CCC1CS(=O)(=O)C(C)C. The number of likely N-dealkylation sites (tertiary alicyclic amines) is 1. The zero-order valence-electron chi connectivity index (χ0n) is 22.1. The van der Waals surface area contributed by atoms with Gasteiger partial charge in [-0.25, -0.2) is 8.42 Å². The van der Waals surface area contributed by atoms with E-state index >= 15 is 0 Å². The average Bonchev–Trinajstić information content (AvgIpc) is 2.86. The molecule has 2 unspecified atom stereocenters. The summed E-state index contributed by atoms with van der Waals surface area (Å²) in [5.74, 6) is 0.579. The zero-order chi connectivity index (χ0) is 26.8. The summed E-state index contributed by atoms with van der Waals surface area (Å²) < 4.78 is 24.7. The van der Waals surface area contributed by atoms with Gasteiger partial charge < -0.3 is 14.9 Å². The van der Waals surface area contributed by atoms with E-state index in [1.165, 1.54) is 0 Å². The first kappa shape index (κ1) is 27.9. The van der Waals surface area contributed by atoms with Crippen LogP contribution in [0.15, 0.2) is 48.5 Å². The van der Waals surface area contributed by atoms with Crippen LogP contribution in [0.3, 0.4) is 0 Å². The second-order valence-electron chi connectivity index (χ2n) is 11.1. The fraction of sp³-hybridized carbons (Fsp3) is 0.552. The molecule has 0 bridgehead atoms. The molecule has 2 aromatic carbocycles. The molecule has 6 nitrogen and oxygen atoms in total. The lowest BCUT2D eigenvalue weighted by Gasteiger charge is -2.39. The Bertz CT molecular complexity index is 1170. The molecule has 4 rings (SSSR count). The van der Waals surface area contributed by atoms with E-state index in [0.29, 0.717) is 37.4 Å². The minimum atomic E-state index is -3.08. The normalized spacial score (nSPS) is 22.3. The van der Waals surface area contributed by atoms with Crippen LogP contribution >= 0.6 is 11.6 Å². The molecule has 2 aliphatic heterocycles. The second-order valence-corrected chi connectivity index (χ2v) is 14.2. The Morgan fingerprint density at radius 3 is 2.24 bits per heavy atom. The highest BCUT2D eigenvalue weighted by molar-refractivity contribution is 7.91. The first-order valence-corrected chi connectivity index (χ1v) is 15.4. The summed E-state index contributed by atoms with van der Waals surface area (Å²) >= 11 is 6.00. The van der Waals surface area contributed by atoms with Crippen molar-refractivity contribution in [3.8, 4) is 0 Å². The van der Waals surface area contributed by atoms with Crippen LogP contribution in [0.25, 0.3) is 0 Å². The fourth-order valence-corrected chi connectivity index (χ4v) is 7.06. The molecule has 1 N–H and O–H groups in total. The van der Waals surface area contributed by atoms with Crippen molar-refractivity contribution in [1.82, 2.24) is 4.90 Å². The number of carbonyl (C=O) groups excluding carboxylic acids is 1. The van der Waals surface area contributed by atoms with Crippen LogP contribution in [0.2, 0.25) is 5.02 Å². The molecular weight excluding hydrogens is 508 g/mol. The van der Waals surface area contributed by atoms with Crippen LogP contribution in [-0.4, -0.2) is 61.5 Å². The zero-order valence-corrected chi connectivity index (χ0v) is 23.6. The van der Waals surface area contributed by atoms with E-state index in [0.717, 1.165) is 36.3 Å². The molecule has 2 heterocycles. The van der Waals surface area contributed by atoms with Gasteiger partial charge in [-0.1, -0.05) is 42.8 Å². The van der Waals surface area contributed by atoms with Crippen molar-refractivity contribution in [1.29, 1.82) is 0 Å². The Hall–Kier alpha value is -2.09. The van der Waals surface area contributed by atoms with Gasteiger partial charge in [-0.05, 0) is 80.3 Å². The number of anilines is 1. The lowest BCUT2D eigenvalue weighted by Crippen LogP contribution is -2.45. The predicted octanol–water partition coefficient (Wildman–Crippen LogP) is 4.68. The molecule has 2 atom stereocenters. The molecular formula is C29H39ClN2O4S. The number of piperidine rings is 2. The number of carbonyl (C=O) groups is 1. The van der Waals surface area contributed by atoms with Crippen molar-refractivity contribution in [3.63, 3.8) is 0 Å². The Morgan fingerprint density at radius 1 is 1.05 bits per heavy atom. The third kappa shape index (κ3) is 6.68. The van der Waals surface area contributed by atoms with E-state index in [4.69, 9.17) is 11.6 Å². The first-order chi connectivity index (χ1) is 17.5. The van der Waals surface area contributed by atoms with Crippen LogP contribution < -0.4 is 4.90 Å². The molecule has 2 saturated heterocycles. The van der Waals surface area contributed by atoms with Gasteiger partial charge >= 0.3 is 0 Å². The second kappa shape index (κ2) is 11.3. The van der Waals surface area contributed by atoms with Crippen molar-refractivity contribution in [3.05, 3.63) is 64.7 Å². The van der Waals surface area contributed by atoms with Crippen molar-refractivity contribution in [2.45, 2.75) is 57.3 Å². The molecule has 0 radical (unpaired) electrons. The maximum Gasteiger partial charge on any atom is 0.226 e. The highest BCUT2D eigenvalue weighted by Crippen LogP contribution is 2.35. The topological polar surface area (TPSA) is 77.9 Å². The minimum absolute atomic E-state index is 0.0933. The number of nitrogens with zero attached hydrogens (tertiary/aromatic N) is 2. The van der Waals surface area contributed by atoms with Gasteiger partial charge in [-0.3, -0.25) is 4.79 Å². The van der Waals surface area contributed by atoms with Gasteiger partial charge in [0.2, 0.25) is 5.91 Å². The lowest BCUT2D eigenvalue weighted by atomic mass is 9.84. The molecule has 202 valence electrons. The number of benzene rings is 2. The van der Waals surface area contributed by atoms with Gasteiger partial charge in [-0.2, -0.15) is 0 Å². The first-order valence-electron chi connectivity index (χ1n) is 13.3. The van der Waals surface area contributed by atoms with Gasteiger partial charge in [0.25, 0.3) is 0 Å². The number of amides is 1. The number of hydrogen-bond acceptors (Lipinski definition) is 5. The summed E-state index contributed by atoms with van der Waals surface area (Å²) in [4.78, 5) is 17.1. The molecule has 0 spiro atoms. The number of sulfone groups is 1. The van der Waals surface area contributed by atoms with Crippen LogP contribution in [-0.2, 0) is 26.7 Å². The summed E-state index contributed by atoms with van der Waals surface area (Å²) in [5.41, 5.74) is 2.14. The van der Waals surface area contributed by atoms with E-state index in [1.807, 2.05) is 41.3 Å². The number of halogens is 1. The van der Waals surface area contributed by atoms with Gasteiger partial charge in [0.1, 0.15) is 0 Å². The van der Waals surface area contributed by atoms with Crippen LogP contribution in [0.5, 0.6) is 0 Å². The fourth-order valence-electron chi connectivity index (χ4n) is 5.45. The van der Waals surface area contributed by atoms with E-state index in [2.05, 4.69) is 24.0 Å². The molecule has 0 aliphatic carbocycles. The van der Waals surface area contributed by atoms with Crippen molar-refractivity contribution in [2.24, 2.45) is 11.8 Å². The maximum atomic E-state index is 13.0. The number of hydrogen-bond donors (Lipinski definition) is 1. The van der Waals surface area contributed by atoms with Crippen LogP contribution in [0.1, 0.15) is 51.2 Å². The van der Waals surface area contributed by atoms with Crippen LogP contribution in [0, 0.1) is 11.8 Å². The van der Waals surface area contributed by atoms with E-state index < -0.39 is 15.4 Å². The van der Waals surface area contributed by atoms with Crippen molar-refractivity contribution in [2.75, 3.05) is 36.8 Å². The summed E-state index contributed by atoms with van der Waals surface area (Å²) in [7, 11) is -3.08. The van der Waals surface area contributed by atoms with E-state index in [1.54, 1.807) is 13.8 Å². The summed E-state index contributed by atoms with van der Waals surface area (Å²) in [6, 6.07) is 15.6. The molecule has 2 aromatic rings. The van der Waals surface area contributed by atoms with Crippen molar-refractivity contribution >= 4 is 33.0 Å². The van der Waals surface area contributed by atoms with Crippen LogP contribution in [0.4, 0.5) is 5.69 Å². The Labute approximate surface area is 226 Å². The van der Waals surface area contributed by atoms with Gasteiger partial charge in [0, 0.05) is 36.9 Å². The smallest absolute Gasteiger partial charge is 0.226 e. The largest absolute Gasteiger partial charge is 0.385 e. The van der Waals surface area contributed by atoms with E-state index in [9.17, 15) is 18.3 Å². The molecule has 0 saturated carbocycles. The molecule has 2 aliphatic rings.